The molecule has 0 saturated carbocycles. The van der Waals surface area contributed by atoms with Gasteiger partial charge in [0.15, 0.2) is 11.5 Å². The van der Waals surface area contributed by atoms with Gasteiger partial charge in [0.1, 0.15) is 0 Å². The van der Waals surface area contributed by atoms with Crippen molar-refractivity contribution in [2.24, 2.45) is 0 Å². The number of aromatic nitrogens is 2. The number of hydrogen-bond acceptors (Lipinski definition) is 3. The molecule has 0 aliphatic carbocycles. The predicted octanol–water partition coefficient (Wildman–Crippen LogP) is 2.28. The lowest BCUT2D eigenvalue weighted by atomic mass is 10.1. The lowest BCUT2D eigenvalue weighted by molar-refractivity contribution is 0.373. The maximum Gasteiger partial charge on any atom is 0.161 e. The molecule has 0 unspecified atom stereocenters. The van der Waals surface area contributed by atoms with E-state index in [1.807, 2.05) is 23.9 Å². The first-order valence-electron chi connectivity index (χ1n) is 5.14. The molecule has 16 heavy (non-hydrogen) atoms. The highest BCUT2D eigenvalue weighted by atomic mass is 16.5. The number of aryl methyl sites for hydroxylation is 1. The van der Waals surface area contributed by atoms with Crippen LogP contribution in [0.15, 0.2) is 30.6 Å². The molecule has 0 spiro atoms. The first-order chi connectivity index (χ1) is 7.74. The van der Waals surface area contributed by atoms with E-state index < -0.39 is 0 Å². The fourth-order valence-corrected chi connectivity index (χ4v) is 1.54. The number of rotatable bonds is 3. The van der Waals surface area contributed by atoms with Crippen LogP contribution < -0.4 is 4.74 Å². The Hall–Kier alpha value is -1.97. The van der Waals surface area contributed by atoms with Crippen molar-refractivity contribution >= 4 is 0 Å². The standard InChI is InChI=1S/C12H14N2O2/c1-3-14-8-10(7-13-14)9-4-5-11(15)12(6-9)16-2/h4-8,15H,3H2,1-2H3. The Morgan fingerprint density at radius 2 is 2.19 bits per heavy atom. The van der Waals surface area contributed by atoms with Gasteiger partial charge in [-0.25, -0.2) is 0 Å². The summed E-state index contributed by atoms with van der Waals surface area (Å²) in [6.45, 7) is 2.88. The summed E-state index contributed by atoms with van der Waals surface area (Å²) in [7, 11) is 1.54. The molecular formula is C12H14N2O2. The van der Waals surface area contributed by atoms with Gasteiger partial charge in [0.2, 0.25) is 0 Å². The molecule has 2 aromatic rings. The maximum absolute atomic E-state index is 9.49. The summed E-state index contributed by atoms with van der Waals surface area (Å²) >= 11 is 0. The second-order valence-corrected chi connectivity index (χ2v) is 3.47. The number of benzene rings is 1. The van der Waals surface area contributed by atoms with Crippen molar-refractivity contribution in [3.8, 4) is 22.6 Å². The molecule has 4 heteroatoms. The molecule has 1 aromatic carbocycles. The third kappa shape index (κ3) is 1.86. The van der Waals surface area contributed by atoms with E-state index in [9.17, 15) is 5.11 Å². The normalized spacial score (nSPS) is 10.4. The molecule has 0 bridgehead atoms. The number of ether oxygens (including phenoxy) is 1. The van der Waals surface area contributed by atoms with E-state index in [0.29, 0.717) is 5.75 Å². The lowest BCUT2D eigenvalue weighted by Crippen LogP contribution is -1.92. The van der Waals surface area contributed by atoms with E-state index in [1.54, 1.807) is 18.3 Å². The number of aromatic hydroxyl groups is 1. The minimum Gasteiger partial charge on any atom is -0.504 e. The third-order valence-electron chi connectivity index (χ3n) is 2.47. The number of nitrogens with zero attached hydrogens (tertiary/aromatic N) is 2. The van der Waals surface area contributed by atoms with Crippen LogP contribution in [0.1, 0.15) is 6.92 Å². The van der Waals surface area contributed by atoms with Crippen LogP contribution in [0, 0.1) is 0 Å². The molecule has 0 saturated heterocycles. The zero-order valence-electron chi connectivity index (χ0n) is 9.34. The summed E-state index contributed by atoms with van der Waals surface area (Å²) in [6.07, 6.45) is 3.77. The Labute approximate surface area is 94.1 Å². The predicted molar refractivity (Wildman–Crippen MR) is 61.6 cm³/mol. The summed E-state index contributed by atoms with van der Waals surface area (Å²) in [4.78, 5) is 0. The van der Waals surface area contributed by atoms with Gasteiger partial charge in [-0.15, -0.1) is 0 Å². The largest absolute Gasteiger partial charge is 0.504 e. The fraction of sp³-hybridized carbons (Fsp3) is 0.250. The van der Waals surface area contributed by atoms with E-state index in [4.69, 9.17) is 4.74 Å². The van der Waals surface area contributed by atoms with Gasteiger partial charge in [0.25, 0.3) is 0 Å². The first kappa shape index (κ1) is 10.5. The van der Waals surface area contributed by atoms with Gasteiger partial charge < -0.3 is 9.84 Å². The zero-order valence-corrected chi connectivity index (χ0v) is 9.34. The van der Waals surface area contributed by atoms with Gasteiger partial charge in [-0.3, -0.25) is 4.68 Å². The average molecular weight is 218 g/mol. The smallest absolute Gasteiger partial charge is 0.161 e. The van der Waals surface area contributed by atoms with Crippen LogP contribution in [-0.2, 0) is 6.54 Å². The van der Waals surface area contributed by atoms with Gasteiger partial charge in [-0.2, -0.15) is 5.10 Å². The Morgan fingerprint density at radius 3 is 2.81 bits per heavy atom. The van der Waals surface area contributed by atoms with Gasteiger partial charge in [-0.05, 0) is 24.6 Å². The molecule has 0 fully saturated rings. The van der Waals surface area contributed by atoms with Crippen LogP contribution >= 0.6 is 0 Å². The Balaban J connectivity index is 2.40. The number of phenolic OH excluding ortho intramolecular Hbond substituents is 1. The molecule has 1 N–H and O–H groups in total. The van der Waals surface area contributed by atoms with Crippen molar-refractivity contribution in [3.63, 3.8) is 0 Å². The molecule has 0 aliphatic heterocycles. The number of hydrogen-bond donors (Lipinski definition) is 1. The third-order valence-corrected chi connectivity index (χ3v) is 2.47. The van der Waals surface area contributed by atoms with E-state index in [1.165, 1.54) is 7.11 Å². The van der Waals surface area contributed by atoms with Crippen molar-refractivity contribution in [1.29, 1.82) is 0 Å². The first-order valence-corrected chi connectivity index (χ1v) is 5.14. The SMILES string of the molecule is CCn1cc(-c2ccc(O)c(OC)c2)cn1. The molecule has 0 amide bonds. The van der Waals surface area contributed by atoms with E-state index in [0.717, 1.165) is 17.7 Å². The summed E-state index contributed by atoms with van der Waals surface area (Å²) < 4.78 is 6.92. The Bertz CT molecular complexity index is 492. The molecule has 0 aliphatic rings. The number of methoxy groups -OCH3 is 1. The van der Waals surface area contributed by atoms with E-state index in [2.05, 4.69) is 5.10 Å². The van der Waals surface area contributed by atoms with Gasteiger partial charge in [0, 0.05) is 18.3 Å². The second-order valence-electron chi connectivity index (χ2n) is 3.47. The second kappa shape index (κ2) is 4.26. The van der Waals surface area contributed by atoms with Crippen molar-refractivity contribution in [2.75, 3.05) is 7.11 Å². The molecule has 1 heterocycles. The van der Waals surface area contributed by atoms with Crippen molar-refractivity contribution < 1.29 is 9.84 Å². The molecule has 1 aromatic heterocycles. The molecule has 2 rings (SSSR count). The van der Waals surface area contributed by atoms with Crippen LogP contribution in [0.25, 0.3) is 11.1 Å². The minimum absolute atomic E-state index is 0.147. The molecular weight excluding hydrogens is 204 g/mol. The van der Waals surface area contributed by atoms with Gasteiger partial charge in [0.05, 0.1) is 13.3 Å². The lowest BCUT2D eigenvalue weighted by Gasteiger charge is -2.04. The highest BCUT2D eigenvalue weighted by Gasteiger charge is 2.06. The summed E-state index contributed by atoms with van der Waals surface area (Å²) in [5.41, 5.74) is 1.99. The van der Waals surface area contributed by atoms with E-state index in [-0.39, 0.29) is 5.75 Å². The monoisotopic (exact) mass is 218 g/mol. The highest BCUT2D eigenvalue weighted by Crippen LogP contribution is 2.31. The highest BCUT2D eigenvalue weighted by molar-refractivity contribution is 5.65. The van der Waals surface area contributed by atoms with Crippen LogP contribution in [-0.4, -0.2) is 22.0 Å². The molecule has 0 radical (unpaired) electrons. The van der Waals surface area contributed by atoms with Crippen LogP contribution in [0.3, 0.4) is 0 Å². The molecule has 84 valence electrons. The average Bonchev–Trinajstić information content (AvgIpc) is 2.78. The zero-order chi connectivity index (χ0) is 11.5. The molecule has 4 nitrogen and oxygen atoms in total. The van der Waals surface area contributed by atoms with Crippen molar-refractivity contribution in [1.82, 2.24) is 9.78 Å². The summed E-state index contributed by atoms with van der Waals surface area (Å²) in [5, 5.41) is 13.7. The van der Waals surface area contributed by atoms with Crippen molar-refractivity contribution in [3.05, 3.63) is 30.6 Å². The van der Waals surface area contributed by atoms with Crippen LogP contribution in [0.2, 0.25) is 0 Å². The number of phenols is 1. The van der Waals surface area contributed by atoms with Crippen LogP contribution in [0.4, 0.5) is 0 Å². The summed E-state index contributed by atoms with van der Waals surface area (Å²) in [5.74, 6) is 0.621. The maximum atomic E-state index is 9.49. The topological polar surface area (TPSA) is 47.3 Å². The van der Waals surface area contributed by atoms with Crippen molar-refractivity contribution in [2.45, 2.75) is 13.5 Å². The van der Waals surface area contributed by atoms with Gasteiger partial charge in [-0.1, -0.05) is 6.07 Å². The quantitative estimate of drug-likeness (QED) is 0.859. The Kier molecular flexibility index (Phi) is 2.81. The summed E-state index contributed by atoms with van der Waals surface area (Å²) in [6, 6.07) is 5.26. The molecule has 0 atom stereocenters. The minimum atomic E-state index is 0.147. The van der Waals surface area contributed by atoms with Crippen LogP contribution in [0.5, 0.6) is 11.5 Å². The fourth-order valence-electron chi connectivity index (χ4n) is 1.54. The van der Waals surface area contributed by atoms with Gasteiger partial charge >= 0.3 is 0 Å². The Morgan fingerprint density at radius 1 is 1.38 bits per heavy atom. The van der Waals surface area contributed by atoms with E-state index >= 15 is 0 Å².